The van der Waals surface area contributed by atoms with Crippen LogP contribution >= 0.6 is 11.8 Å². The highest BCUT2D eigenvalue weighted by Gasteiger charge is 2.21. The fourth-order valence-electron chi connectivity index (χ4n) is 3.03. The SMILES string of the molecule is C=CCn1c(SC(C)c2nnnn2-c2ccccc2)nnc1-c1ccc(OC)cc1. The number of para-hydroxylation sites is 1. The molecule has 0 spiro atoms. The average Bonchev–Trinajstić information content (AvgIpc) is 3.43. The van der Waals surface area contributed by atoms with E-state index in [1.165, 1.54) is 0 Å². The third-order valence-corrected chi connectivity index (χ3v) is 5.59. The molecule has 2 heterocycles. The molecule has 0 bridgehead atoms. The first-order valence-corrected chi connectivity index (χ1v) is 10.3. The first-order valence-electron chi connectivity index (χ1n) is 9.40. The maximum absolute atomic E-state index is 5.25. The second-order valence-corrected chi connectivity index (χ2v) is 7.79. The number of rotatable bonds is 8. The summed E-state index contributed by atoms with van der Waals surface area (Å²) in [5.74, 6) is 2.31. The molecule has 2 aromatic carbocycles. The number of benzene rings is 2. The molecule has 152 valence electrons. The molecule has 0 N–H and O–H groups in total. The zero-order chi connectivity index (χ0) is 20.9. The fraction of sp³-hybridized carbons (Fsp3) is 0.190. The highest BCUT2D eigenvalue weighted by molar-refractivity contribution is 7.99. The third kappa shape index (κ3) is 3.97. The van der Waals surface area contributed by atoms with Gasteiger partial charge in [0.15, 0.2) is 16.8 Å². The number of methoxy groups -OCH3 is 1. The molecule has 0 saturated carbocycles. The summed E-state index contributed by atoms with van der Waals surface area (Å²) in [5.41, 5.74) is 1.87. The van der Waals surface area contributed by atoms with E-state index in [-0.39, 0.29) is 5.25 Å². The van der Waals surface area contributed by atoms with Gasteiger partial charge in [-0.3, -0.25) is 4.57 Å². The highest BCUT2D eigenvalue weighted by atomic mass is 32.2. The molecular weight excluding hydrogens is 398 g/mol. The van der Waals surface area contributed by atoms with Gasteiger partial charge in [0.1, 0.15) is 5.75 Å². The van der Waals surface area contributed by atoms with Crippen molar-refractivity contribution in [2.75, 3.05) is 7.11 Å². The zero-order valence-electron chi connectivity index (χ0n) is 16.7. The van der Waals surface area contributed by atoms with Gasteiger partial charge in [-0.25, -0.2) is 0 Å². The summed E-state index contributed by atoms with van der Waals surface area (Å²) in [6.07, 6.45) is 1.83. The van der Waals surface area contributed by atoms with Crippen LogP contribution in [-0.4, -0.2) is 42.1 Å². The van der Waals surface area contributed by atoms with Crippen LogP contribution in [0.3, 0.4) is 0 Å². The van der Waals surface area contributed by atoms with Crippen LogP contribution in [0.1, 0.15) is 18.0 Å². The van der Waals surface area contributed by atoms with E-state index >= 15 is 0 Å². The Labute approximate surface area is 178 Å². The quantitative estimate of drug-likeness (QED) is 0.316. The predicted molar refractivity (Wildman–Crippen MR) is 116 cm³/mol. The van der Waals surface area contributed by atoms with Gasteiger partial charge in [0.2, 0.25) is 0 Å². The van der Waals surface area contributed by atoms with Crippen LogP contribution in [0.2, 0.25) is 0 Å². The first-order chi connectivity index (χ1) is 14.7. The molecule has 4 rings (SSSR count). The van der Waals surface area contributed by atoms with E-state index in [1.807, 2.05) is 65.2 Å². The Bertz CT molecular complexity index is 1120. The number of tetrazole rings is 1. The van der Waals surface area contributed by atoms with E-state index in [2.05, 4.69) is 39.2 Å². The first kappa shape index (κ1) is 19.8. The van der Waals surface area contributed by atoms with E-state index in [9.17, 15) is 0 Å². The summed E-state index contributed by atoms with van der Waals surface area (Å²) in [6.45, 7) is 6.52. The normalized spacial score (nSPS) is 11.9. The summed E-state index contributed by atoms with van der Waals surface area (Å²) < 4.78 is 9.03. The predicted octanol–water partition coefficient (Wildman–Crippen LogP) is 3.97. The van der Waals surface area contributed by atoms with Crippen LogP contribution < -0.4 is 4.74 Å². The minimum Gasteiger partial charge on any atom is -0.497 e. The van der Waals surface area contributed by atoms with E-state index in [4.69, 9.17) is 4.74 Å². The molecule has 0 amide bonds. The van der Waals surface area contributed by atoms with Gasteiger partial charge < -0.3 is 4.74 Å². The summed E-state index contributed by atoms with van der Waals surface area (Å²) in [6, 6.07) is 17.6. The van der Waals surface area contributed by atoms with E-state index in [0.717, 1.165) is 33.8 Å². The van der Waals surface area contributed by atoms with E-state index in [0.29, 0.717) is 6.54 Å². The maximum Gasteiger partial charge on any atom is 0.192 e. The number of allylic oxidation sites excluding steroid dienone is 1. The van der Waals surface area contributed by atoms with Crippen molar-refractivity contribution in [3.8, 4) is 22.8 Å². The second kappa shape index (κ2) is 8.91. The number of thioether (sulfide) groups is 1. The largest absolute Gasteiger partial charge is 0.497 e. The summed E-state index contributed by atoms with van der Waals surface area (Å²) in [7, 11) is 1.65. The lowest BCUT2D eigenvalue weighted by Gasteiger charge is -2.12. The van der Waals surface area contributed by atoms with Crippen molar-refractivity contribution in [2.24, 2.45) is 0 Å². The monoisotopic (exact) mass is 419 g/mol. The van der Waals surface area contributed by atoms with Crippen LogP contribution in [0.5, 0.6) is 5.75 Å². The van der Waals surface area contributed by atoms with Gasteiger partial charge in [-0.15, -0.1) is 21.9 Å². The number of nitrogens with zero attached hydrogens (tertiary/aromatic N) is 7. The van der Waals surface area contributed by atoms with Crippen molar-refractivity contribution in [3.05, 3.63) is 73.1 Å². The third-order valence-electron chi connectivity index (χ3n) is 4.52. The molecule has 30 heavy (non-hydrogen) atoms. The Hall–Kier alpha value is -3.46. The molecule has 1 atom stereocenters. The topological polar surface area (TPSA) is 83.5 Å². The minimum absolute atomic E-state index is 0.0447. The Morgan fingerprint density at radius 1 is 1.07 bits per heavy atom. The molecule has 9 heteroatoms. The summed E-state index contributed by atoms with van der Waals surface area (Å²) >= 11 is 1.55. The average molecular weight is 420 g/mol. The minimum atomic E-state index is -0.0447. The fourth-order valence-corrected chi connectivity index (χ4v) is 3.98. The molecule has 0 aliphatic rings. The van der Waals surface area contributed by atoms with E-state index in [1.54, 1.807) is 23.6 Å². The van der Waals surface area contributed by atoms with E-state index < -0.39 is 0 Å². The number of hydrogen-bond acceptors (Lipinski definition) is 7. The molecule has 0 aliphatic heterocycles. The molecule has 2 aromatic heterocycles. The Morgan fingerprint density at radius 3 is 2.53 bits per heavy atom. The van der Waals surface area contributed by atoms with Gasteiger partial charge in [-0.1, -0.05) is 36.0 Å². The van der Waals surface area contributed by atoms with Crippen LogP contribution in [0.15, 0.2) is 72.4 Å². The number of aromatic nitrogens is 7. The van der Waals surface area contributed by atoms with Crippen molar-refractivity contribution in [3.63, 3.8) is 0 Å². The smallest absolute Gasteiger partial charge is 0.192 e. The lowest BCUT2D eigenvalue weighted by molar-refractivity contribution is 0.415. The highest BCUT2D eigenvalue weighted by Crippen LogP contribution is 2.35. The molecule has 8 nitrogen and oxygen atoms in total. The van der Waals surface area contributed by atoms with Gasteiger partial charge in [-0.2, -0.15) is 4.68 Å². The molecule has 1 unspecified atom stereocenters. The van der Waals surface area contributed by atoms with Gasteiger partial charge in [0, 0.05) is 12.1 Å². The van der Waals surface area contributed by atoms with Gasteiger partial charge in [-0.05, 0) is 53.7 Å². The second-order valence-electron chi connectivity index (χ2n) is 6.48. The summed E-state index contributed by atoms with van der Waals surface area (Å²) in [5, 5.41) is 21.8. The standard InChI is InChI=1S/C21H21N7OS/c1-4-14-27-20(16-10-12-18(29-3)13-11-16)22-24-21(27)30-15(2)19-23-25-26-28(19)17-8-6-5-7-9-17/h4-13,15H,1,14H2,2-3H3. The van der Waals surface area contributed by atoms with Gasteiger partial charge in [0.25, 0.3) is 0 Å². The molecule has 0 saturated heterocycles. The summed E-state index contributed by atoms with van der Waals surface area (Å²) in [4.78, 5) is 0. The van der Waals surface area contributed by atoms with Crippen LogP contribution in [0.25, 0.3) is 17.1 Å². The van der Waals surface area contributed by atoms with Crippen molar-refractivity contribution in [1.82, 2.24) is 35.0 Å². The number of hydrogen-bond donors (Lipinski definition) is 0. The Kier molecular flexibility index (Phi) is 5.89. The molecule has 4 aromatic rings. The maximum atomic E-state index is 5.25. The van der Waals surface area contributed by atoms with Crippen LogP contribution in [-0.2, 0) is 6.54 Å². The molecular formula is C21H21N7OS. The van der Waals surface area contributed by atoms with Crippen molar-refractivity contribution >= 4 is 11.8 Å². The lowest BCUT2D eigenvalue weighted by Crippen LogP contribution is -2.06. The number of ether oxygens (including phenoxy) is 1. The lowest BCUT2D eigenvalue weighted by atomic mass is 10.2. The van der Waals surface area contributed by atoms with Gasteiger partial charge >= 0.3 is 0 Å². The molecule has 0 fully saturated rings. The van der Waals surface area contributed by atoms with Crippen molar-refractivity contribution in [2.45, 2.75) is 23.9 Å². The van der Waals surface area contributed by atoms with Crippen molar-refractivity contribution < 1.29 is 4.74 Å². The zero-order valence-corrected chi connectivity index (χ0v) is 17.5. The Morgan fingerprint density at radius 2 is 1.83 bits per heavy atom. The van der Waals surface area contributed by atoms with Crippen LogP contribution in [0.4, 0.5) is 0 Å². The van der Waals surface area contributed by atoms with Crippen molar-refractivity contribution in [1.29, 1.82) is 0 Å². The molecule has 0 aliphatic carbocycles. The Balaban J connectivity index is 1.63. The van der Waals surface area contributed by atoms with Gasteiger partial charge in [0.05, 0.1) is 18.0 Å². The van der Waals surface area contributed by atoms with Crippen LogP contribution in [0, 0.1) is 0 Å². The molecule has 0 radical (unpaired) electrons.